The molecule has 3 nitrogen and oxygen atoms in total. The van der Waals surface area contributed by atoms with Crippen molar-refractivity contribution in [2.45, 2.75) is 0 Å². The largest absolute Gasteiger partial charge is 0.506 e. The molecule has 0 saturated carbocycles. The number of nitrogens with zero attached hydrogens (tertiary/aromatic N) is 1. The third-order valence-electron chi connectivity index (χ3n) is 1.93. The molecule has 0 saturated heterocycles. The average Bonchev–Trinajstić information content (AvgIpc) is 2.57. The molecular formula is C11H6Br2ClNO2. The lowest BCUT2D eigenvalue weighted by Gasteiger charge is -1.97. The van der Waals surface area contributed by atoms with E-state index in [1.54, 1.807) is 18.2 Å². The van der Waals surface area contributed by atoms with Crippen LogP contribution >= 0.6 is 43.5 Å². The van der Waals surface area contributed by atoms with E-state index in [2.05, 4.69) is 36.9 Å². The maximum atomic E-state index is 9.58. The molecule has 0 unspecified atom stereocenters. The number of hydrogen-bond donors (Lipinski definition) is 1. The lowest BCUT2D eigenvalue weighted by Crippen LogP contribution is -1.75. The molecule has 2 rings (SSSR count). The summed E-state index contributed by atoms with van der Waals surface area (Å²) in [7, 11) is 0. The molecule has 0 aliphatic rings. The number of aliphatic imine (C=N–C) groups is 1. The number of hydrogen-bond acceptors (Lipinski definition) is 3. The van der Waals surface area contributed by atoms with Gasteiger partial charge in [-0.3, -0.25) is 0 Å². The van der Waals surface area contributed by atoms with Crippen LogP contribution < -0.4 is 0 Å². The number of halogens is 3. The molecule has 88 valence electrons. The molecular weight excluding hydrogens is 373 g/mol. The Morgan fingerprint density at radius 3 is 2.65 bits per heavy atom. The quantitative estimate of drug-likeness (QED) is 0.753. The van der Waals surface area contributed by atoms with E-state index in [9.17, 15) is 5.11 Å². The van der Waals surface area contributed by atoms with Crippen LogP contribution in [-0.2, 0) is 0 Å². The second kappa shape index (κ2) is 5.25. The van der Waals surface area contributed by atoms with Gasteiger partial charge in [0.2, 0.25) is 0 Å². The van der Waals surface area contributed by atoms with Gasteiger partial charge in [-0.2, -0.15) is 0 Å². The lowest BCUT2D eigenvalue weighted by atomic mass is 10.3. The van der Waals surface area contributed by atoms with Crippen LogP contribution in [0.15, 0.2) is 42.8 Å². The van der Waals surface area contributed by atoms with Crippen molar-refractivity contribution in [3.05, 3.63) is 44.2 Å². The van der Waals surface area contributed by atoms with Crippen LogP contribution in [0.4, 0.5) is 5.69 Å². The van der Waals surface area contributed by atoms with Crippen LogP contribution in [0.2, 0.25) is 5.02 Å². The third kappa shape index (κ3) is 3.12. The summed E-state index contributed by atoms with van der Waals surface area (Å²) in [5.41, 5.74) is 0.429. The zero-order chi connectivity index (χ0) is 12.4. The smallest absolute Gasteiger partial charge is 0.184 e. The topological polar surface area (TPSA) is 45.7 Å². The summed E-state index contributed by atoms with van der Waals surface area (Å²) in [4.78, 5) is 4.10. The van der Waals surface area contributed by atoms with Gasteiger partial charge in [0.05, 0.1) is 10.7 Å². The SMILES string of the molecule is Oc1cc(Cl)ccc1N=Cc1cc(Br)c(Br)o1. The molecule has 0 atom stereocenters. The number of benzene rings is 1. The molecule has 1 heterocycles. The summed E-state index contributed by atoms with van der Waals surface area (Å²) in [6.07, 6.45) is 1.51. The predicted molar refractivity (Wildman–Crippen MR) is 74.5 cm³/mol. The van der Waals surface area contributed by atoms with Gasteiger partial charge in [-0.25, -0.2) is 4.99 Å². The molecule has 0 amide bonds. The number of phenols is 1. The van der Waals surface area contributed by atoms with E-state index in [1.807, 2.05) is 0 Å². The van der Waals surface area contributed by atoms with Gasteiger partial charge in [0.1, 0.15) is 17.2 Å². The standard InChI is InChI=1S/C11H6Br2ClNO2/c12-8-4-7(17-11(8)13)5-15-9-2-1-6(14)3-10(9)16/h1-5,16H. The fourth-order valence-corrected chi connectivity index (χ4v) is 1.94. The van der Waals surface area contributed by atoms with Gasteiger partial charge >= 0.3 is 0 Å². The lowest BCUT2D eigenvalue weighted by molar-refractivity contribution is 0.477. The Labute approximate surface area is 119 Å². The molecule has 0 aliphatic heterocycles. The van der Waals surface area contributed by atoms with Gasteiger partial charge in [-0.15, -0.1) is 0 Å². The van der Waals surface area contributed by atoms with Crippen molar-refractivity contribution in [3.8, 4) is 5.75 Å². The fraction of sp³-hybridized carbons (Fsp3) is 0. The maximum absolute atomic E-state index is 9.58. The number of aromatic hydroxyl groups is 1. The van der Waals surface area contributed by atoms with E-state index < -0.39 is 0 Å². The second-order valence-corrected chi connectivity index (χ2v) is 5.17. The first kappa shape index (κ1) is 12.7. The normalized spacial score (nSPS) is 11.2. The molecule has 0 bridgehead atoms. The minimum Gasteiger partial charge on any atom is -0.506 e. The minimum atomic E-state index is 0.0263. The Balaban J connectivity index is 2.25. The fourth-order valence-electron chi connectivity index (χ4n) is 1.17. The molecule has 2 aromatic rings. The van der Waals surface area contributed by atoms with Gasteiger partial charge in [0.25, 0.3) is 0 Å². The van der Waals surface area contributed by atoms with Crippen LogP contribution in [-0.4, -0.2) is 11.3 Å². The van der Waals surface area contributed by atoms with Gasteiger partial charge < -0.3 is 9.52 Å². The predicted octanol–water partition coefficient (Wildman–Crippen LogP) is 4.91. The van der Waals surface area contributed by atoms with Crippen molar-refractivity contribution >= 4 is 55.4 Å². The Kier molecular flexibility index (Phi) is 3.91. The van der Waals surface area contributed by atoms with E-state index in [0.717, 1.165) is 4.47 Å². The van der Waals surface area contributed by atoms with Gasteiger partial charge in [0.15, 0.2) is 4.67 Å². The highest BCUT2D eigenvalue weighted by atomic mass is 79.9. The first-order valence-corrected chi connectivity index (χ1v) is 6.50. The van der Waals surface area contributed by atoms with E-state index >= 15 is 0 Å². The van der Waals surface area contributed by atoms with E-state index in [-0.39, 0.29) is 5.75 Å². The van der Waals surface area contributed by atoms with E-state index in [1.165, 1.54) is 12.3 Å². The Morgan fingerprint density at radius 2 is 2.06 bits per heavy atom. The van der Waals surface area contributed by atoms with Gasteiger partial charge in [-0.1, -0.05) is 11.6 Å². The van der Waals surface area contributed by atoms with Gasteiger partial charge in [-0.05, 0) is 44.0 Å². The van der Waals surface area contributed by atoms with Crippen LogP contribution in [0.1, 0.15) is 5.76 Å². The van der Waals surface area contributed by atoms with Crippen LogP contribution in [0, 0.1) is 0 Å². The third-order valence-corrected chi connectivity index (χ3v) is 3.88. The van der Waals surface area contributed by atoms with E-state index in [4.69, 9.17) is 16.0 Å². The Hall–Kier alpha value is -0.780. The van der Waals surface area contributed by atoms with E-state index in [0.29, 0.717) is 21.1 Å². The Bertz CT molecular complexity index is 561. The highest BCUT2D eigenvalue weighted by Gasteiger charge is 2.04. The first-order chi connectivity index (χ1) is 8.06. The number of phenolic OH excluding ortho intramolecular Hbond substituents is 1. The first-order valence-electron chi connectivity index (χ1n) is 4.53. The highest BCUT2D eigenvalue weighted by molar-refractivity contribution is 9.13. The molecule has 0 aliphatic carbocycles. The maximum Gasteiger partial charge on any atom is 0.184 e. The molecule has 0 fully saturated rings. The minimum absolute atomic E-state index is 0.0263. The molecule has 17 heavy (non-hydrogen) atoms. The molecule has 1 aromatic carbocycles. The van der Waals surface area contributed by atoms with Crippen LogP contribution in [0.5, 0.6) is 5.75 Å². The van der Waals surface area contributed by atoms with Crippen molar-refractivity contribution in [2.75, 3.05) is 0 Å². The van der Waals surface area contributed by atoms with Crippen LogP contribution in [0.3, 0.4) is 0 Å². The van der Waals surface area contributed by atoms with Crippen molar-refractivity contribution in [1.82, 2.24) is 0 Å². The van der Waals surface area contributed by atoms with Crippen molar-refractivity contribution < 1.29 is 9.52 Å². The summed E-state index contributed by atoms with van der Waals surface area (Å²) in [6.45, 7) is 0. The van der Waals surface area contributed by atoms with Gasteiger partial charge in [0, 0.05) is 17.2 Å². The summed E-state index contributed by atoms with van der Waals surface area (Å²) >= 11 is 12.2. The summed E-state index contributed by atoms with van der Waals surface area (Å²) in [5.74, 6) is 0.594. The zero-order valence-electron chi connectivity index (χ0n) is 8.32. The Morgan fingerprint density at radius 1 is 1.29 bits per heavy atom. The molecule has 6 heteroatoms. The average molecular weight is 379 g/mol. The summed E-state index contributed by atoms with van der Waals surface area (Å²) in [6, 6.07) is 6.48. The van der Waals surface area contributed by atoms with Crippen molar-refractivity contribution in [1.29, 1.82) is 0 Å². The molecule has 0 radical (unpaired) electrons. The van der Waals surface area contributed by atoms with Crippen molar-refractivity contribution in [3.63, 3.8) is 0 Å². The molecule has 1 aromatic heterocycles. The van der Waals surface area contributed by atoms with Crippen LogP contribution in [0.25, 0.3) is 0 Å². The number of rotatable bonds is 2. The highest BCUT2D eigenvalue weighted by Crippen LogP contribution is 2.30. The molecule has 1 N–H and O–H groups in total. The van der Waals surface area contributed by atoms with Crippen molar-refractivity contribution in [2.24, 2.45) is 4.99 Å². The monoisotopic (exact) mass is 377 g/mol. The molecule has 0 spiro atoms. The zero-order valence-corrected chi connectivity index (χ0v) is 12.3. The number of furan rings is 1. The summed E-state index contributed by atoms with van der Waals surface area (Å²) in [5, 5.41) is 10.0. The second-order valence-electron chi connectivity index (χ2n) is 3.16. The summed E-state index contributed by atoms with van der Waals surface area (Å²) < 4.78 is 6.71.